The molecule has 0 radical (unpaired) electrons. The van der Waals surface area contributed by atoms with Gasteiger partial charge in [-0.2, -0.15) is 0 Å². The molecule has 3 fully saturated rings. The summed E-state index contributed by atoms with van der Waals surface area (Å²) in [5.41, 5.74) is 1.47. The number of alkyl halides is 1. The zero-order chi connectivity index (χ0) is 23.3. The Bertz CT molecular complexity index is 1120. The first-order chi connectivity index (χ1) is 15.9. The number of halogens is 1. The van der Waals surface area contributed by atoms with Gasteiger partial charge < -0.3 is 24.8 Å². The van der Waals surface area contributed by atoms with Crippen molar-refractivity contribution < 1.29 is 28.6 Å². The van der Waals surface area contributed by atoms with Crippen molar-refractivity contribution in [1.82, 2.24) is 0 Å². The predicted octanol–water partition coefficient (Wildman–Crippen LogP) is 3.47. The highest BCUT2D eigenvalue weighted by Crippen LogP contribution is 2.60. The molecule has 1 aliphatic heterocycles. The lowest BCUT2D eigenvalue weighted by Crippen LogP contribution is -2.40. The van der Waals surface area contributed by atoms with Crippen molar-refractivity contribution >= 4 is 45.1 Å². The van der Waals surface area contributed by atoms with Crippen LogP contribution in [0.3, 0.4) is 0 Å². The maximum absolute atomic E-state index is 13.0. The van der Waals surface area contributed by atoms with Crippen LogP contribution in [-0.4, -0.2) is 42.9 Å². The Morgan fingerprint density at radius 2 is 1.79 bits per heavy atom. The van der Waals surface area contributed by atoms with E-state index in [1.807, 2.05) is 0 Å². The topological polar surface area (TPSA) is 103 Å². The molecule has 2 aromatic rings. The number of hydrogen-bond acceptors (Lipinski definition) is 6. The van der Waals surface area contributed by atoms with Crippen LogP contribution in [0.1, 0.15) is 16.8 Å². The average Bonchev–Trinajstić information content (AvgIpc) is 3.43. The zero-order valence-electron chi connectivity index (χ0n) is 18.0. The van der Waals surface area contributed by atoms with Gasteiger partial charge in [0.15, 0.2) is 0 Å². The summed E-state index contributed by atoms with van der Waals surface area (Å²) in [6.45, 7) is 0. The molecule has 1 saturated heterocycles. The molecule has 2 amide bonds. The standard InChI is InChI=1S/C24H23BrN2O6/c1-31-13-7-8-17(32-2)16(9-13)27-22(28)11-3-5-12(6-4-11)26-23(29)18-14-10-15-19(18)24(30)33-21(15)20(14)25/h3-9,14-15,18-21H,10H2,1-2H3,(H,26,29)(H,27,28)/t14-,15-,18-,19-,20+,21+/m1/s1. The van der Waals surface area contributed by atoms with Crippen LogP contribution in [0.25, 0.3) is 0 Å². The Hall–Kier alpha value is -3.07. The minimum Gasteiger partial charge on any atom is -0.497 e. The van der Waals surface area contributed by atoms with Gasteiger partial charge in [0.2, 0.25) is 5.91 Å². The van der Waals surface area contributed by atoms with E-state index in [1.54, 1.807) is 49.6 Å². The average molecular weight is 515 g/mol. The van der Waals surface area contributed by atoms with E-state index in [0.717, 1.165) is 6.42 Å². The van der Waals surface area contributed by atoms with Crippen molar-refractivity contribution in [2.24, 2.45) is 23.7 Å². The summed E-state index contributed by atoms with van der Waals surface area (Å²) >= 11 is 3.62. The fraction of sp³-hybridized carbons (Fsp3) is 0.375. The molecule has 0 spiro atoms. The summed E-state index contributed by atoms with van der Waals surface area (Å²) in [7, 11) is 3.07. The molecule has 2 aromatic carbocycles. The number of carbonyl (C=O) groups excluding carboxylic acids is 3. The summed E-state index contributed by atoms with van der Waals surface area (Å²) in [6, 6.07) is 11.7. The molecule has 172 valence electrons. The summed E-state index contributed by atoms with van der Waals surface area (Å²) in [4.78, 5) is 38.0. The quantitative estimate of drug-likeness (QED) is 0.451. The smallest absolute Gasteiger partial charge is 0.310 e. The molecule has 33 heavy (non-hydrogen) atoms. The van der Waals surface area contributed by atoms with Gasteiger partial charge in [-0.05, 0) is 48.7 Å². The highest BCUT2D eigenvalue weighted by Gasteiger charge is 2.67. The van der Waals surface area contributed by atoms with Crippen LogP contribution in [-0.2, 0) is 14.3 Å². The maximum atomic E-state index is 13.0. The second-order valence-electron chi connectivity index (χ2n) is 8.55. The van der Waals surface area contributed by atoms with E-state index in [0.29, 0.717) is 28.4 Å². The molecule has 8 nitrogen and oxygen atoms in total. The number of rotatable bonds is 6. The summed E-state index contributed by atoms with van der Waals surface area (Å²) in [5.74, 6) is -0.256. The van der Waals surface area contributed by atoms with Crippen LogP contribution in [0.4, 0.5) is 11.4 Å². The van der Waals surface area contributed by atoms with E-state index in [2.05, 4.69) is 26.6 Å². The van der Waals surface area contributed by atoms with Gasteiger partial charge in [0.05, 0.1) is 36.6 Å². The number of benzene rings is 2. The van der Waals surface area contributed by atoms with Gasteiger partial charge in [-0.1, -0.05) is 15.9 Å². The van der Waals surface area contributed by atoms with Crippen molar-refractivity contribution in [2.75, 3.05) is 24.9 Å². The van der Waals surface area contributed by atoms with Crippen LogP contribution >= 0.6 is 15.9 Å². The van der Waals surface area contributed by atoms with Gasteiger partial charge in [-0.3, -0.25) is 14.4 Å². The Balaban J connectivity index is 1.26. The van der Waals surface area contributed by atoms with Gasteiger partial charge in [0.1, 0.15) is 17.6 Å². The number of esters is 1. The summed E-state index contributed by atoms with van der Waals surface area (Å²) in [5, 5.41) is 5.72. The second kappa shape index (κ2) is 8.37. The molecular weight excluding hydrogens is 492 g/mol. The van der Waals surface area contributed by atoms with Gasteiger partial charge in [0.25, 0.3) is 5.91 Å². The Morgan fingerprint density at radius 3 is 2.48 bits per heavy atom. The van der Waals surface area contributed by atoms with Gasteiger partial charge >= 0.3 is 5.97 Å². The largest absolute Gasteiger partial charge is 0.497 e. The SMILES string of the molecule is COc1ccc(OC)c(NC(=O)c2ccc(NC(=O)[C@@H]3[C@H]4C[C@H]5[C@H](OC(=O)[C@H]53)[C@H]4Br)cc2)c1. The highest BCUT2D eigenvalue weighted by atomic mass is 79.9. The molecule has 0 aromatic heterocycles. The molecule has 6 atom stereocenters. The van der Waals surface area contributed by atoms with Crippen LogP contribution in [0, 0.1) is 23.7 Å². The number of methoxy groups -OCH3 is 2. The number of fused-ring (bicyclic) bond motifs is 1. The summed E-state index contributed by atoms with van der Waals surface area (Å²) < 4.78 is 16.0. The zero-order valence-corrected chi connectivity index (χ0v) is 19.6. The van der Waals surface area contributed by atoms with Gasteiger partial charge in [0, 0.05) is 23.2 Å². The van der Waals surface area contributed by atoms with Crippen molar-refractivity contribution in [1.29, 1.82) is 0 Å². The lowest BCUT2D eigenvalue weighted by atomic mass is 9.79. The number of ether oxygens (including phenoxy) is 3. The molecule has 2 bridgehead atoms. The summed E-state index contributed by atoms with van der Waals surface area (Å²) in [6.07, 6.45) is 0.708. The normalized spacial score (nSPS) is 28.9. The van der Waals surface area contributed by atoms with Crippen molar-refractivity contribution in [3.8, 4) is 11.5 Å². The van der Waals surface area contributed by atoms with Crippen molar-refractivity contribution in [3.05, 3.63) is 48.0 Å². The Kier molecular flexibility index (Phi) is 5.52. The first-order valence-corrected chi connectivity index (χ1v) is 11.6. The Morgan fingerprint density at radius 1 is 1.03 bits per heavy atom. The molecule has 2 saturated carbocycles. The Labute approximate surface area is 199 Å². The number of anilines is 2. The first kappa shape index (κ1) is 21.8. The molecule has 1 heterocycles. The minimum atomic E-state index is -0.408. The van der Waals surface area contributed by atoms with Gasteiger partial charge in [-0.25, -0.2) is 0 Å². The van der Waals surface area contributed by atoms with Gasteiger partial charge in [-0.15, -0.1) is 0 Å². The number of nitrogens with one attached hydrogen (secondary N) is 2. The fourth-order valence-electron chi connectivity index (χ4n) is 5.37. The van der Waals surface area contributed by atoms with Crippen LogP contribution in [0.15, 0.2) is 42.5 Å². The van der Waals surface area contributed by atoms with E-state index < -0.39 is 5.92 Å². The van der Waals surface area contributed by atoms with Crippen LogP contribution < -0.4 is 20.1 Å². The predicted molar refractivity (Wildman–Crippen MR) is 124 cm³/mol. The van der Waals surface area contributed by atoms with E-state index in [1.165, 1.54) is 7.11 Å². The molecule has 9 heteroatoms. The monoisotopic (exact) mass is 514 g/mol. The third kappa shape index (κ3) is 3.64. The first-order valence-electron chi connectivity index (χ1n) is 10.7. The maximum Gasteiger partial charge on any atom is 0.310 e. The molecule has 5 rings (SSSR count). The van der Waals surface area contributed by atoms with Crippen molar-refractivity contribution in [3.63, 3.8) is 0 Å². The van der Waals surface area contributed by atoms with Crippen LogP contribution in [0.5, 0.6) is 11.5 Å². The lowest BCUT2D eigenvalue weighted by Gasteiger charge is -2.27. The van der Waals surface area contributed by atoms with E-state index in [-0.39, 0.29) is 46.5 Å². The number of amides is 2. The van der Waals surface area contributed by atoms with E-state index in [4.69, 9.17) is 14.2 Å². The number of hydrogen-bond donors (Lipinski definition) is 2. The number of carbonyl (C=O) groups is 3. The third-order valence-electron chi connectivity index (χ3n) is 6.90. The molecule has 3 aliphatic rings. The van der Waals surface area contributed by atoms with E-state index >= 15 is 0 Å². The molecule has 2 N–H and O–H groups in total. The lowest BCUT2D eigenvalue weighted by molar-refractivity contribution is -0.145. The highest BCUT2D eigenvalue weighted by molar-refractivity contribution is 9.09. The second-order valence-corrected chi connectivity index (χ2v) is 9.61. The molecule has 2 aliphatic carbocycles. The molecule has 0 unspecified atom stereocenters. The third-order valence-corrected chi connectivity index (χ3v) is 8.10. The molecular formula is C24H23BrN2O6. The minimum absolute atomic E-state index is 0.0145. The van der Waals surface area contributed by atoms with Crippen LogP contribution in [0.2, 0.25) is 0 Å². The van der Waals surface area contributed by atoms with E-state index in [9.17, 15) is 14.4 Å². The fourth-order valence-corrected chi connectivity index (χ4v) is 6.41. The van der Waals surface area contributed by atoms with Crippen molar-refractivity contribution in [2.45, 2.75) is 17.4 Å².